The molecule has 1 aliphatic carbocycles. The highest BCUT2D eigenvalue weighted by atomic mass is 127. The van der Waals surface area contributed by atoms with Gasteiger partial charge < -0.3 is 24.7 Å². The second-order valence-electron chi connectivity index (χ2n) is 13.6. The number of fused-ring (bicyclic) bond motifs is 4. The van der Waals surface area contributed by atoms with Crippen molar-refractivity contribution in [2.75, 3.05) is 44.2 Å². The monoisotopic (exact) mass is 742 g/mol. The van der Waals surface area contributed by atoms with Gasteiger partial charge in [-0.15, -0.1) is 0 Å². The Labute approximate surface area is 279 Å². The molecular formula is C33H36FIN6O5. The van der Waals surface area contributed by atoms with E-state index in [0.29, 0.717) is 56.3 Å². The standard InChI is InChI=1S/C33H36FIN6O5/c34-20-6-9-38(12-20)17-33(7-8-33)18-46-31-36-27-16-40(30(43)24-11-23(42)10-19-2-1-3-26(35)28(19)24)15-25(27)29(37-31)39-13-21-4-5-22(14-39)41(21)32(44)45/h1-3,10-11,20-22,42H,4-9,12-18H2,(H,44,45)/t20-,21?,22?/m1/s1. The summed E-state index contributed by atoms with van der Waals surface area (Å²) in [4.78, 5) is 43.5. The van der Waals surface area contributed by atoms with Gasteiger partial charge >= 0.3 is 12.1 Å². The predicted octanol–water partition coefficient (Wildman–Crippen LogP) is 4.63. The fourth-order valence-electron chi connectivity index (χ4n) is 7.92. The first-order chi connectivity index (χ1) is 22.2. The van der Waals surface area contributed by atoms with E-state index < -0.39 is 12.3 Å². The van der Waals surface area contributed by atoms with Crippen molar-refractivity contribution in [1.29, 1.82) is 0 Å². The van der Waals surface area contributed by atoms with E-state index in [1.54, 1.807) is 15.9 Å². The molecule has 242 valence electrons. The number of hydrogen-bond donors (Lipinski definition) is 2. The van der Waals surface area contributed by atoms with Crippen molar-refractivity contribution in [3.05, 3.63) is 50.7 Å². The highest BCUT2D eigenvalue weighted by molar-refractivity contribution is 14.1. The Morgan fingerprint density at radius 1 is 1.07 bits per heavy atom. The number of likely N-dealkylation sites (tertiary alicyclic amines) is 1. The van der Waals surface area contributed by atoms with Gasteiger partial charge in [-0.25, -0.2) is 9.18 Å². The summed E-state index contributed by atoms with van der Waals surface area (Å²) in [7, 11) is 0. The van der Waals surface area contributed by atoms with E-state index in [1.165, 1.54) is 6.07 Å². The van der Waals surface area contributed by atoms with Gasteiger partial charge in [0.2, 0.25) is 0 Å². The molecule has 3 atom stereocenters. The smallest absolute Gasteiger partial charge is 0.407 e. The maximum atomic E-state index is 14.1. The van der Waals surface area contributed by atoms with Crippen molar-refractivity contribution in [3.63, 3.8) is 0 Å². The van der Waals surface area contributed by atoms with Crippen LogP contribution in [0, 0.1) is 8.99 Å². The molecule has 46 heavy (non-hydrogen) atoms. The summed E-state index contributed by atoms with van der Waals surface area (Å²) in [6.45, 7) is 4.06. The lowest BCUT2D eigenvalue weighted by molar-refractivity contribution is 0.0751. The molecule has 13 heteroatoms. The average molecular weight is 743 g/mol. The lowest BCUT2D eigenvalue weighted by Crippen LogP contribution is -2.56. The van der Waals surface area contributed by atoms with Crippen molar-refractivity contribution in [2.24, 2.45) is 5.41 Å². The lowest BCUT2D eigenvalue weighted by Gasteiger charge is -2.40. The number of rotatable bonds is 7. The van der Waals surface area contributed by atoms with Gasteiger partial charge in [-0.1, -0.05) is 12.1 Å². The molecule has 2 unspecified atom stereocenters. The van der Waals surface area contributed by atoms with Gasteiger partial charge in [-0.2, -0.15) is 9.97 Å². The number of anilines is 1. The molecule has 4 aliphatic heterocycles. The van der Waals surface area contributed by atoms with E-state index in [1.807, 2.05) is 18.2 Å². The van der Waals surface area contributed by atoms with Crippen LogP contribution in [0.5, 0.6) is 11.8 Å². The first-order valence-corrected chi connectivity index (χ1v) is 17.1. The van der Waals surface area contributed by atoms with E-state index in [-0.39, 0.29) is 41.7 Å². The largest absolute Gasteiger partial charge is 0.508 e. The molecule has 1 aromatic heterocycles. The Morgan fingerprint density at radius 2 is 1.85 bits per heavy atom. The third-order valence-corrected chi connectivity index (χ3v) is 11.3. The van der Waals surface area contributed by atoms with Gasteiger partial charge in [0.1, 0.15) is 17.7 Å². The Balaban J connectivity index is 1.09. The summed E-state index contributed by atoms with van der Waals surface area (Å²) in [6.07, 6.45) is 2.56. The minimum absolute atomic E-state index is 0.0301. The Hall–Kier alpha value is -3.46. The number of phenolic OH excluding ortho intramolecular Hbond substituents is 1. The lowest BCUT2D eigenvalue weighted by atomic mass is 10.0. The van der Waals surface area contributed by atoms with Crippen LogP contribution in [0.25, 0.3) is 10.8 Å². The molecule has 5 heterocycles. The number of nitrogens with zero attached hydrogens (tertiary/aromatic N) is 6. The van der Waals surface area contributed by atoms with Crippen LogP contribution < -0.4 is 9.64 Å². The van der Waals surface area contributed by atoms with Crippen molar-refractivity contribution in [3.8, 4) is 11.8 Å². The number of ether oxygens (including phenoxy) is 1. The quantitative estimate of drug-likeness (QED) is 0.334. The number of phenols is 1. The van der Waals surface area contributed by atoms with Crippen LogP contribution in [0.2, 0.25) is 0 Å². The van der Waals surface area contributed by atoms with Gasteiger partial charge in [0.25, 0.3) is 5.91 Å². The molecule has 1 saturated carbocycles. The van der Waals surface area contributed by atoms with Gasteiger partial charge in [0.05, 0.1) is 43.0 Å². The van der Waals surface area contributed by atoms with Gasteiger partial charge in [-0.3, -0.25) is 14.6 Å². The van der Waals surface area contributed by atoms with E-state index in [9.17, 15) is 24.2 Å². The number of alkyl halides is 1. The van der Waals surface area contributed by atoms with E-state index >= 15 is 0 Å². The summed E-state index contributed by atoms with van der Waals surface area (Å²) in [6, 6.07) is 8.93. The molecule has 4 fully saturated rings. The molecule has 3 aromatic rings. The Bertz CT molecular complexity index is 1720. The number of benzene rings is 2. The second kappa shape index (κ2) is 11.4. The maximum Gasteiger partial charge on any atom is 0.407 e. The second-order valence-corrected chi connectivity index (χ2v) is 14.8. The zero-order chi connectivity index (χ0) is 31.7. The van der Waals surface area contributed by atoms with Crippen molar-refractivity contribution >= 4 is 51.2 Å². The number of hydrogen-bond acceptors (Lipinski definition) is 8. The fraction of sp³-hybridized carbons (Fsp3) is 0.515. The summed E-state index contributed by atoms with van der Waals surface area (Å²) < 4.78 is 21.1. The highest BCUT2D eigenvalue weighted by Crippen LogP contribution is 2.47. The van der Waals surface area contributed by atoms with Crippen LogP contribution in [-0.2, 0) is 13.1 Å². The number of amides is 2. The molecule has 2 N–H and O–H groups in total. The molecule has 0 spiro atoms. The Kier molecular flexibility index (Phi) is 7.38. The van der Waals surface area contributed by atoms with Crippen molar-refractivity contribution < 1.29 is 28.9 Å². The normalized spacial score (nSPS) is 24.9. The minimum Gasteiger partial charge on any atom is -0.508 e. The Morgan fingerprint density at radius 3 is 2.54 bits per heavy atom. The molecule has 2 aromatic carbocycles. The van der Waals surface area contributed by atoms with Crippen LogP contribution >= 0.6 is 22.6 Å². The summed E-state index contributed by atoms with van der Waals surface area (Å²) in [5.41, 5.74) is 1.95. The first-order valence-electron chi connectivity index (χ1n) is 16.0. The molecule has 2 bridgehead atoms. The van der Waals surface area contributed by atoms with Crippen molar-refractivity contribution in [1.82, 2.24) is 24.7 Å². The van der Waals surface area contributed by atoms with E-state index in [0.717, 1.165) is 58.7 Å². The number of halogens is 2. The topological polar surface area (TPSA) is 123 Å². The molecule has 0 radical (unpaired) electrons. The molecule has 8 rings (SSSR count). The van der Waals surface area contributed by atoms with Crippen LogP contribution in [0.4, 0.5) is 15.0 Å². The molecular weight excluding hydrogens is 706 g/mol. The third-order valence-electron chi connectivity index (χ3n) is 10.4. The van der Waals surface area contributed by atoms with Crippen LogP contribution in [0.1, 0.15) is 53.7 Å². The number of carbonyl (C=O) groups excluding carboxylic acids is 1. The van der Waals surface area contributed by atoms with Crippen molar-refractivity contribution in [2.45, 2.75) is 63.4 Å². The summed E-state index contributed by atoms with van der Waals surface area (Å²) in [5, 5.41) is 21.9. The van der Waals surface area contributed by atoms with Crippen LogP contribution in [0.3, 0.4) is 0 Å². The molecule has 5 aliphatic rings. The average Bonchev–Trinajstić information content (AvgIpc) is 3.30. The number of piperazine rings is 1. The first kappa shape index (κ1) is 29.9. The fourth-order valence-corrected chi connectivity index (χ4v) is 8.73. The maximum absolute atomic E-state index is 14.1. The van der Waals surface area contributed by atoms with Gasteiger partial charge in [-0.05, 0) is 78.3 Å². The summed E-state index contributed by atoms with van der Waals surface area (Å²) >= 11 is 2.22. The third kappa shape index (κ3) is 5.38. The zero-order valence-corrected chi connectivity index (χ0v) is 27.5. The zero-order valence-electron chi connectivity index (χ0n) is 25.4. The van der Waals surface area contributed by atoms with E-state index in [4.69, 9.17) is 14.7 Å². The minimum atomic E-state index is -0.888. The van der Waals surface area contributed by atoms with Gasteiger partial charge in [0.15, 0.2) is 0 Å². The number of aromatic nitrogens is 2. The number of aromatic hydroxyl groups is 1. The molecule has 3 saturated heterocycles. The number of carbonyl (C=O) groups is 2. The molecule has 2 amide bonds. The molecule has 11 nitrogen and oxygen atoms in total. The summed E-state index contributed by atoms with van der Waals surface area (Å²) in [5.74, 6) is 0.514. The van der Waals surface area contributed by atoms with Crippen LogP contribution in [0.15, 0.2) is 30.3 Å². The van der Waals surface area contributed by atoms with Gasteiger partial charge in [0, 0.05) is 52.7 Å². The predicted molar refractivity (Wildman–Crippen MR) is 176 cm³/mol. The SMILES string of the molecule is O=C(c1cc(O)cc2cccc(I)c12)N1Cc2nc(OCC3(CN4CC[C@@H](F)C4)CC3)nc(N3CC4CCC(C3)N4C(=O)O)c2C1. The van der Waals surface area contributed by atoms with E-state index in [2.05, 4.69) is 32.4 Å². The highest BCUT2D eigenvalue weighted by Gasteiger charge is 2.47. The van der Waals surface area contributed by atoms with Crippen LogP contribution in [-0.4, -0.2) is 104 Å². The number of carboxylic acid groups (broad SMARTS) is 1.